The Labute approximate surface area is 163 Å². The molecule has 152 valence electrons. The highest BCUT2D eigenvalue weighted by Crippen LogP contribution is 2.35. The van der Waals surface area contributed by atoms with Crippen LogP contribution in [0.3, 0.4) is 0 Å². The SMILES string of the molecule is COc1cc(-c2onc(N3CCC(CCN(C)C)CC3)c2C(=O)O)ccc1F. The van der Waals surface area contributed by atoms with Crippen molar-refractivity contribution in [2.24, 2.45) is 5.92 Å². The number of carboxylic acid groups (broad SMARTS) is 1. The number of halogens is 1. The first-order chi connectivity index (χ1) is 13.4. The Morgan fingerprint density at radius 3 is 2.71 bits per heavy atom. The minimum atomic E-state index is -1.12. The molecule has 1 aliphatic rings. The van der Waals surface area contributed by atoms with Gasteiger partial charge in [-0.15, -0.1) is 0 Å². The average molecular weight is 391 g/mol. The molecule has 1 aromatic heterocycles. The molecule has 2 heterocycles. The Morgan fingerprint density at radius 1 is 1.39 bits per heavy atom. The summed E-state index contributed by atoms with van der Waals surface area (Å²) in [4.78, 5) is 16.1. The van der Waals surface area contributed by atoms with E-state index >= 15 is 0 Å². The molecule has 0 spiro atoms. The highest BCUT2D eigenvalue weighted by atomic mass is 19.1. The molecule has 8 heteroatoms. The van der Waals surface area contributed by atoms with E-state index in [2.05, 4.69) is 24.2 Å². The van der Waals surface area contributed by atoms with Crippen molar-refractivity contribution < 1.29 is 23.6 Å². The summed E-state index contributed by atoms with van der Waals surface area (Å²) in [5, 5.41) is 13.8. The normalized spacial score (nSPS) is 15.2. The van der Waals surface area contributed by atoms with Crippen LogP contribution in [-0.4, -0.2) is 62.0 Å². The largest absolute Gasteiger partial charge is 0.494 e. The number of nitrogens with zero attached hydrogens (tertiary/aromatic N) is 3. The van der Waals surface area contributed by atoms with Gasteiger partial charge in [0.05, 0.1) is 7.11 Å². The maximum absolute atomic E-state index is 13.7. The van der Waals surface area contributed by atoms with E-state index in [-0.39, 0.29) is 17.1 Å². The smallest absolute Gasteiger partial charge is 0.343 e. The van der Waals surface area contributed by atoms with E-state index in [1.54, 1.807) is 0 Å². The number of hydrogen-bond acceptors (Lipinski definition) is 6. The van der Waals surface area contributed by atoms with Gasteiger partial charge in [0.25, 0.3) is 0 Å². The van der Waals surface area contributed by atoms with Crippen molar-refractivity contribution in [2.75, 3.05) is 45.7 Å². The Balaban J connectivity index is 1.82. The molecule has 0 unspecified atom stereocenters. The fourth-order valence-electron chi connectivity index (χ4n) is 3.56. The fourth-order valence-corrected chi connectivity index (χ4v) is 3.56. The van der Waals surface area contributed by atoms with Crippen molar-refractivity contribution in [3.8, 4) is 17.1 Å². The third-order valence-corrected chi connectivity index (χ3v) is 5.20. The third kappa shape index (κ3) is 4.27. The molecule has 2 aromatic rings. The standard InChI is InChI=1S/C20H26FN3O4/c1-23(2)9-6-13-7-10-24(11-8-13)19-17(20(25)26)18(28-22-19)14-4-5-15(21)16(12-14)27-3/h4-5,12-13H,6-11H2,1-3H3,(H,25,26). The van der Waals surface area contributed by atoms with Crippen LogP contribution in [0.2, 0.25) is 0 Å². The first-order valence-corrected chi connectivity index (χ1v) is 9.37. The quantitative estimate of drug-likeness (QED) is 0.775. The summed E-state index contributed by atoms with van der Waals surface area (Å²) in [7, 11) is 5.48. The lowest BCUT2D eigenvalue weighted by Gasteiger charge is -2.32. The molecule has 1 aromatic carbocycles. The zero-order chi connectivity index (χ0) is 20.3. The summed E-state index contributed by atoms with van der Waals surface area (Å²) in [5.41, 5.74) is 0.413. The van der Waals surface area contributed by atoms with Gasteiger partial charge in [0, 0.05) is 18.7 Å². The second-order valence-corrected chi connectivity index (χ2v) is 7.39. The second-order valence-electron chi connectivity index (χ2n) is 7.39. The number of aromatic nitrogens is 1. The molecular formula is C20H26FN3O4. The summed E-state index contributed by atoms with van der Waals surface area (Å²) in [6.45, 7) is 2.51. The van der Waals surface area contributed by atoms with Gasteiger partial charge in [-0.05, 0) is 64.0 Å². The maximum Gasteiger partial charge on any atom is 0.343 e. The summed E-state index contributed by atoms with van der Waals surface area (Å²) >= 11 is 0. The number of rotatable bonds is 7. The number of ether oxygens (including phenoxy) is 1. The van der Waals surface area contributed by atoms with E-state index in [9.17, 15) is 14.3 Å². The Bertz CT molecular complexity index is 829. The van der Waals surface area contributed by atoms with Crippen LogP contribution < -0.4 is 9.64 Å². The first kappa shape index (κ1) is 20.1. The van der Waals surface area contributed by atoms with Crippen LogP contribution in [0.1, 0.15) is 29.6 Å². The van der Waals surface area contributed by atoms with Gasteiger partial charge in [0.15, 0.2) is 28.7 Å². The summed E-state index contributed by atoms with van der Waals surface area (Å²) in [6, 6.07) is 4.10. The zero-order valence-electron chi connectivity index (χ0n) is 16.4. The lowest BCUT2D eigenvalue weighted by Crippen LogP contribution is -2.35. The molecule has 0 amide bonds. The van der Waals surface area contributed by atoms with Gasteiger partial charge in [-0.3, -0.25) is 0 Å². The Morgan fingerprint density at radius 2 is 2.11 bits per heavy atom. The van der Waals surface area contributed by atoms with Crippen molar-refractivity contribution in [3.05, 3.63) is 29.6 Å². The van der Waals surface area contributed by atoms with Gasteiger partial charge in [-0.25, -0.2) is 9.18 Å². The molecule has 28 heavy (non-hydrogen) atoms. The number of benzene rings is 1. The van der Waals surface area contributed by atoms with Crippen molar-refractivity contribution in [2.45, 2.75) is 19.3 Å². The Hall–Kier alpha value is -2.61. The van der Waals surface area contributed by atoms with Crippen LogP contribution in [-0.2, 0) is 0 Å². The van der Waals surface area contributed by atoms with Crippen molar-refractivity contribution >= 4 is 11.8 Å². The van der Waals surface area contributed by atoms with E-state index in [1.165, 1.54) is 25.3 Å². The second kappa shape index (κ2) is 8.60. The molecule has 0 aliphatic carbocycles. The van der Waals surface area contributed by atoms with Gasteiger partial charge in [0.2, 0.25) is 0 Å². The zero-order valence-corrected chi connectivity index (χ0v) is 16.4. The number of methoxy groups -OCH3 is 1. The molecule has 0 radical (unpaired) electrons. The molecule has 0 atom stereocenters. The van der Waals surface area contributed by atoms with E-state index in [1.807, 2.05) is 4.90 Å². The highest BCUT2D eigenvalue weighted by molar-refractivity contribution is 5.99. The number of carbonyl (C=O) groups is 1. The summed E-state index contributed by atoms with van der Waals surface area (Å²) < 4.78 is 24.1. The predicted octanol–water partition coefficient (Wildman–Crippen LogP) is 3.36. The van der Waals surface area contributed by atoms with Gasteiger partial charge < -0.3 is 24.2 Å². The van der Waals surface area contributed by atoms with E-state index in [0.29, 0.717) is 17.3 Å². The van der Waals surface area contributed by atoms with Crippen LogP contribution >= 0.6 is 0 Å². The Kier molecular flexibility index (Phi) is 6.18. The molecule has 1 saturated heterocycles. The molecule has 0 saturated carbocycles. The number of aromatic carboxylic acids is 1. The monoisotopic (exact) mass is 391 g/mol. The molecule has 3 rings (SSSR count). The highest BCUT2D eigenvalue weighted by Gasteiger charge is 2.30. The molecule has 1 N–H and O–H groups in total. The lowest BCUT2D eigenvalue weighted by atomic mass is 9.93. The average Bonchev–Trinajstić information content (AvgIpc) is 3.12. The number of hydrogen-bond donors (Lipinski definition) is 1. The minimum absolute atomic E-state index is 0.000373. The molecule has 1 aliphatic heterocycles. The van der Waals surface area contributed by atoms with Crippen LogP contribution in [0.25, 0.3) is 11.3 Å². The third-order valence-electron chi connectivity index (χ3n) is 5.20. The van der Waals surface area contributed by atoms with E-state index < -0.39 is 11.8 Å². The maximum atomic E-state index is 13.7. The van der Waals surface area contributed by atoms with E-state index in [0.717, 1.165) is 38.9 Å². The molecular weight excluding hydrogens is 365 g/mol. The van der Waals surface area contributed by atoms with E-state index in [4.69, 9.17) is 9.26 Å². The number of carboxylic acids is 1. The number of piperidine rings is 1. The topological polar surface area (TPSA) is 79.0 Å². The summed E-state index contributed by atoms with van der Waals surface area (Å²) in [5.74, 6) is -0.563. The molecule has 7 nitrogen and oxygen atoms in total. The van der Waals surface area contributed by atoms with Crippen molar-refractivity contribution in [1.29, 1.82) is 0 Å². The molecule has 0 bridgehead atoms. The van der Waals surface area contributed by atoms with Gasteiger partial charge in [0.1, 0.15) is 0 Å². The lowest BCUT2D eigenvalue weighted by molar-refractivity contribution is 0.0697. The van der Waals surface area contributed by atoms with Crippen LogP contribution in [0.15, 0.2) is 22.7 Å². The fraction of sp³-hybridized carbons (Fsp3) is 0.500. The van der Waals surface area contributed by atoms with Crippen LogP contribution in [0.4, 0.5) is 10.2 Å². The van der Waals surface area contributed by atoms with Gasteiger partial charge in [-0.2, -0.15) is 0 Å². The molecule has 1 fully saturated rings. The van der Waals surface area contributed by atoms with Crippen molar-refractivity contribution in [1.82, 2.24) is 10.1 Å². The number of anilines is 1. The minimum Gasteiger partial charge on any atom is -0.494 e. The van der Waals surface area contributed by atoms with Gasteiger partial charge >= 0.3 is 5.97 Å². The van der Waals surface area contributed by atoms with Crippen LogP contribution in [0, 0.1) is 11.7 Å². The first-order valence-electron chi connectivity index (χ1n) is 9.37. The summed E-state index contributed by atoms with van der Waals surface area (Å²) in [6.07, 6.45) is 3.10. The van der Waals surface area contributed by atoms with Gasteiger partial charge in [-0.1, -0.05) is 5.16 Å². The van der Waals surface area contributed by atoms with Crippen molar-refractivity contribution in [3.63, 3.8) is 0 Å². The van der Waals surface area contributed by atoms with Crippen LogP contribution in [0.5, 0.6) is 5.75 Å². The predicted molar refractivity (Wildman–Crippen MR) is 104 cm³/mol.